The molecule has 0 saturated carbocycles. The van der Waals surface area contributed by atoms with E-state index in [-0.39, 0.29) is 0 Å². The van der Waals surface area contributed by atoms with Crippen molar-refractivity contribution in [2.75, 3.05) is 25.0 Å². The van der Waals surface area contributed by atoms with E-state index >= 15 is 0 Å². The number of nitrogens with one attached hydrogen (secondary N) is 1. The number of hydrogen-bond donors (Lipinski definition) is 3. The fourth-order valence-corrected chi connectivity index (χ4v) is 3.35. The SMILES string of the molecule is NC(=O)c1cc(NC2CCN3CCC2C3)cc(C(N)=O)c1. The van der Waals surface area contributed by atoms with Crippen LogP contribution in [0.15, 0.2) is 18.2 Å². The molecule has 112 valence electrons. The Morgan fingerprint density at radius 2 is 1.67 bits per heavy atom. The predicted octanol–water partition coefficient (Wildman–Crippen LogP) is 0.390. The van der Waals surface area contributed by atoms with Crippen LogP contribution in [0.25, 0.3) is 0 Å². The van der Waals surface area contributed by atoms with E-state index in [1.807, 2.05) is 0 Å². The zero-order chi connectivity index (χ0) is 15.0. The van der Waals surface area contributed by atoms with Crippen molar-refractivity contribution in [3.63, 3.8) is 0 Å². The molecular formula is C15H20N4O2. The summed E-state index contributed by atoms with van der Waals surface area (Å²) < 4.78 is 0. The molecule has 2 amide bonds. The highest BCUT2D eigenvalue weighted by Crippen LogP contribution is 2.29. The molecule has 2 saturated heterocycles. The molecule has 0 aromatic heterocycles. The third-order valence-corrected chi connectivity index (χ3v) is 4.49. The fraction of sp³-hybridized carbons (Fsp3) is 0.467. The third-order valence-electron chi connectivity index (χ3n) is 4.49. The van der Waals surface area contributed by atoms with Crippen molar-refractivity contribution in [1.29, 1.82) is 0 Å². The van der Waals surface area contributed by atoms with Crippen molar-refractivity contribution in [3.8, 4) is 0 Å². The molecule has 0 aliphatic carbocycles. The van der Waals surface area contributed by atoms with Crippen LogP contribution in [0.2, 0.25) is 0 Å². The standard InChI is InChI=1S/C15H20N4O2/c16-14(20)10-5-11(15(17)21)7-12(6-10)18-13-2-4-19-3-1-9(13)8-19/h5-7,9,13,18H,1-4,8H2,(H2,16,20)(H2,17,21). The van der Waals surface area contributed by atoms with Crippen LogP contribution in [-0.2, 0) is 0 Å². The van der Waals surface area contributed by atoms with Gasteiger partial charge in [0.25, 0.3) is 0 Å². The number of amides is 2. The van der Waals surface area contributed by atoms with Crippen LogP contribution in [-0.4, -0.2) is 42.4 Å². The molecule has 2 bridgehead atoms. The molecule has 3 rings (SSSR count). The number of carbonyl (C=O) groups excluding carboxylic acids is 2. The second-order valence-electron chi connectivity index (χ2n) is 5.92. The highest BCUT2D eigenvalue weighted by atomic mass is 16.1. The van der Waals surface area contributed by atoms with E-state index in [1.165, 1.54) is 12.5 Å². The molecule has 1 aromatic rings. The van der Waals surface area contributed by atoms with Crippen LogP contribution in [0, 0.1) is 5.92 Å². The van der Waals surface area contributed by atoms with Gasteiger partial charge in [0.2, 0.25) is 11.8 Å². The monoisotopic (exact) mass is 288 g/mol. The maximum atomic E-state index is 11.4. The van der Waals surface area contributed by atoms with Crippen LogP contribution in [0.1, 0.15) is 33.6 Å². The van der Waals surface area contributed by atoms with Crippen molar-refractivity contribution >= 4 is 17.5 Å². The molecule has 1 aromatic carbocycles. The van der Waals surface area contributed by atoms with Gasteiger partial charge in [0, 0.05) is 35.9 Å². The Labute approximate surface area is 123 Å². The molecule has 2 fully saturated rings. The van der Waals surface area contributed by atoms with Gasteiger partial charge in [-0.15, -0.1) is 0 Å². The molecule has 6 nitrogen and oxygen atoms in total. The summed E-state index contributed by atoms with van der Waals surface area (Å²) in [7, 11) is 0. The second-order valence-corrected chi connectivity index (χ2v) is 5.92. The number of carbonyl (C=O) groups is 2. The summed E-state index contributed by atoms with van der Waals surface area (Å²) in [4.78, 5) is 25.2. The fourth-order valence-electron chi connectivity index (χ4n) is 3.35. The van der Waals surface area contributed by atoms with Crippen molar-refractivity contribution in [2.24, 2.45) is 17.4 Å². The first-order valence-corrected chi connectivity index (χ1v) is 7.26. The predicted molar refractivity (Wildman–Crippen MR) is 80.1 cm³/mol. The molecule has 2 aliphatic rings. The first-order valence-electron chi connectivity index (χ1n) is 7.26. The number of piperidine rings is 1. The molecular weight excluding hydrogens is 268 g/mol. The van der Waals surface area contributed by atoms with E-state index in [2.05, 4.69) is 10.2 Å². The number of benzene rings is 1. The lowest BCUT2D eigenvalue weighted by molar-refractivity contribution is 0.0999. The van der Waals surface area contributed by atoms with Gasteiger partial charge in [-0.2, -0.15) is 0 Å². The van der Waals surface area contributed by atoms with Gasteiger partial charge in [0.15, 0.2) is 0 Å². The Bertz CT molecular complexity index is 555. The van der Waals surface area contributed by atoms with Gasteiger partial charge < -0.3 is 21.7 Å². The zero-order valence-electron chi connectivity index (χ0n) is 11.8. The number of nitrogens with zero attached hydrogens (tertiary/aromatic N) is 1. The second kappa shape index (κ2) is 5.37. The number of nitrogens with two attached hydrogens (primary N) is 2. The summed E-state index contributed by atoms with van der Waals surface area (Å²) in [6.45, 7) is 3.37. The van der Waals surface area contributed by atoms with Gasteiger partial charge in [-0.25, -0.2) is 0 Å². The third kappa shape index (κ3) is 2.85. The number of fused-ring (bicyclic) bond motifs is 2. The molecule has 0 radical (unpaired) electrons. The lowest BCUT2D eigenvalue weighted by Crippen LogP contribution is -2.39. The summed E-state index contributed by atoms with van der Waals surface area (Å²) in [6.07, 6.45) is 2.26. The molecule has 2 heterocycles. The Morgan fingerprint density at radius 1 is 1.05 bits per heavy atom. The van der Waals surface area contributed by atoms with Crippen LogP contribution in [0.4, 0.5) is 5.69 Å². The molecule has 0 spiro atoms. The maximum Gasteiger partial charge on any atom is 0.248 e. The summed E-state index contributed by atoms with van der Waals surface area (Å²) in [5, 5.41) is 3.46. The largest absolute Gasteiger partial charge is 0.382 e. The summed E-state index contributed by atoms with van der Waals surface area (Å²) >= 11 is 0. The minimum absolute atomic E-state index is 0.303. The van der Waals surface area contributed by atoms with Crippen molar-refractivity contribution < 1.29 is 9.59 Å². The summed E-state index contributed by atoms with van der Waals surface area (Å²) in [6, 6.07) is 5.19. The highest BCUT2D eigenvalue weighted by molar-refractivity contribution is 5.99. The lowest BCUT2D eigenvalue weighted by Gasteiger charge is -2.31. The Hall–Kier alpha value is -2.08. The number of primary amides is 2. The van der Waals surface area contributed by atoms with Crippen molar-refractivity contribution in [3.05, 3.63) is 29.3 Å². The van der Waals surface area contributed by atoms with Gasteiger partial charge in [0.1, 0.15) is 0 Å². The van der Waals surface area contributed by atoms with Crippen LogP contribution >= 0.6 is 0 Å². The molecule has 3 unspecified atom stereocenters. The quantitative estimate of drug-likeness (QED) is 0.746. The maximum absolute atomic E-state index is 11.4. The minimum Gasteiger partial charge on any atom is -0.382 e. The lowest BCUT2D eigenvalue weighted by atomic mass is 9.93. The molecule has 6 heteroatoms. The van der Waals surface area contributed by atoms with Crippen molar-refractivity contribution in [1.82, 2.24) is 4.90 Å². The van der Waals surface area contributed by atoms with Gasteiger partial charge in [-0.1, -0.05) is 0 Å². The molecule has 3 atom stereocenters. The van der Waals surface area contributed by atoms with Crippen LogP contribution in [0.3, 0.4) is 0 Å². The Morgan fingerprint density at radius 3 is 2.29 bits per heavy atom. The van der Waals surface area contributed by atoms with E-state index in [4.69, 9.17) is 11.5 Å². The van der Waals surface area contributed by atoms with E-state index in [0.29, 0.717) is 23.1 Å². The van der Waals surface area contributed by atoms with Crippen LogP contribution < -0.4 is 16.8 Å². The highest BCUT2D eigenvalue weighted by Gasteiger charge is 2.34. The number of hydrogen-bond acceptors (Lipinski definition) is 4. The summed E-state index contributed by atoms with van der Waals surface area (Å²) in [5.74, 6) is -0.498. The van der Waals surface area contributed by atoms with Gasteiger partial charge in [-0.05, 0) is 43.5 Å². The molecule has 21 heavy (non-hydrogen) atoms. The number of rotatable bonds is 4. The van der Waals surface area contributed by atoms with E-state index < -0.39 is 11.8 Å². The van der Waals surface area contributed by atoms with Gasteiger partial charge in [0.05, 0.1) is 0 Å². The number of anilines is 1. The Balaban J connectivity index is 1.83. The van der Waals surface area contributed by atoms with Gasteiger partial charge >= 0.3 is 0 Å². The summed E-state index contributed by atoms with van der Waals surface area (Å²) in [5.41, 5.74) is 12.0. The first-order chi connectivity index (χ1) is 10.0. The molecule has 5 N–H and O–H groups in total. The topological polar surface area (TPSA) is 101 Å². The molecule has 2 aliphatic heterocycles. The zero-order valence-corrected chi connectivity index (χ0v) is 11.8. The average Bonchev–Trinajstić information content (AvgIpc) is 2.84. The average molecular weight is 288 g/mol. The van der Waals surface area contributed by atoms with Gasteiger partial charge in [-0.3, -0.25) is 9.59 Å². The van der Waals surface area contributed by atoms with E-state index in [9.17, 15) is 9.59 Å². The normalized spacial score (nSPS) is 27.3. The minimum atomic E-state index is -0.558. The van der Waals surface area contributed by atoms with E-state index in [0.717, 1.165) is 31.7 Å². The Kier molecular flexibility index (Phi) is 3.55. The first kappa shape index (κ1) is 13.9. The van der Waals surface area contributed by atoms with E-state index in [1.54, 1.807) is 12.1 Å². The van der Waals surface area contributed by atoms with Crippen molar-refractivity contribution in [2.45, 2.75) is 18.9 Å². The van der Waals surface area contributed by atoms with Crippen LogP contribution in [0.5, 0.6) is 0 Å². The smallest absolute Gasteiger partial charge is 0.248 e.